The van der Waals surface area contributed by atoms with Crippen LogP contribution in [-0.4, -0.2) is 33.8 Å². The van der Waals surface area contributed by atoms with Gasteiger partial charge < -0.3 is 15.9 Å². The van der Waals surface area contributed by atoms with Gasteiger partial charge in [-0.2, -0.15) is 5.10 Å². The van der Waals surface area contributed by atoms with Crippen LogP contribution < -0.4 is 11.2 Å². The van der Waals surface area contributed by atoms with Crippen LogP contribution in [0, 0.1) is 17.3 Å². The average molecular weight is 399 g/mol. The summed E-state index contributed by atoms with van der Waals surface area (Å²) in [6.07, 6.45) is 5.68. The molecule has 0 spiro atoms. The van der Waals surface area contributed by atoms with Gasteiger partial charge in [0.1, 0.15) is 5.75 Å². The zero-order chi connectivity index (χ0) is 20.8. The number of hydrogen-bond acceptors (Lipinski definition) is 5. The van der Waals surface area contributed by atoms with Crippen molar-refractivity contribution in [1.82, 2.24) is 5.43 Å². The number of fused-ring (bicyclic) bond motifs is 5. The first-order chi connectivity index (χ1) is 13.8. The molecule has 4 rings (SSSR count). The van der Waals surface area contributed by atoms with Crippen LogP contribution in [0.4, 0.5) is 0 Å². The normalized spacial score (nSPS) is 32.8. The Kier molecular flexibility index (Phi) is 5.11. The molecule has 0 aliphatic heterocycles. The first-order valence-electron chi connectivity index (χ1n) is 10.5. The van der Waals surface area contributed by atoms with E-state index in [1.54, 1.807) is 6.07 Å². The molecule has 0 heterocycles. The molecule has 2 saturated carbocycles. The van der Waals surface area contributed by atoms with Crippen molar-refractivity contribution < 1.29 is 19.8 Å². The number of aromatic hydroxyl groups is 1. The van der Waals surface area contributed by atoms with Gasteiger partial charge in [0.05, 0.1) is 12.5 Å². The van der Waals surface area contributed by atoms with E-state index in [-0.39, 0.29) is 5.41 Å². The molecule has 29 heavy (non-hydrogen) atoms. The number of nitrogens with one attached hydrogen (secondary N) is 1. The fourth-order valence-electron chi connectivity index (χ4n) is 6.03. The molecule has 1 aromatic carbocycles. The van der Waals surface area contributed by atoms with E-state index < -0.39 is 24.3 Å². The lowest BCUT2D eigenvalue weighted by atomic mass is 9.55. The molecular weight excluding hydrogens is 370 g/mol. The summed E-state index contributed by atoms with van der Waals surface area (Å²) in [7, 11) is 0. The molecule has 1 amide bonds. The Balaban J connectivity index is 1.50. The SMILES string of the molecule is C[C@]12CC[C@@H]3c4ccc(O)cc4CC[C@H]3[C@@H]1CC/C2=N\NC(=O)[C@@H](N)CC(=O)O. The summed E-state index contributed by atoms with van der Waals surface area (Å²) in [5.41, 5.74) is 11.8. The standard InChI is InChI=1S/C22H29N3O4/c1-22-9-8-15-14-5-3-13(26)10-12(14)2-4-16(15)17(22)6-7-19(22)24-25-21(29)18(23)11-20(27)28/h3,5,10,15-18,26H,2,4,6-9,11,23H2,1H3,(H,25,29)(H,27,28)/b24-19+/t15-,16-,17+,18+,22+/m1/s1. The number of aryl methyl sites for hydroxylation is 1. The molecule has 0 unspecified atom stereocenters. The number of carboxylic acid groups (broad SMARTS) is 1. The quantitative estimate of drug-likeness (QED) is 0.579. The average Bonchev–Trinajstić information content (AvgIpc) is 3.01. The van der Waals surface area contributed by atoms with Crippen molar-refractivity contribution in [3.8, 4) is 5.75 Å². The maximum atomic E-state index is 12.1. The predicted molar refractivity (Wildman–Crippen MR) is 109 cm³/mol. The number of carbonyl (C=O) groups is 2. The van der Waals surface area contributed by atoms with Crippen LogP contribution in [-0.2, 0) is 16.0 Å². The minimum absolute atomic E-state index is 0.0419. The van der Waals surface area contributed by atoms with Gasteiger partial charge in [0.25, 0.3) is 5.91 Å². The molecule has 7 heteroatoms. The third-order valence-corrected chi connectivity index (χ3v) is 7.48. The van der Waals surface area contributed by atoms with Gasteiger partial charge in [0, 0.05) is 11.1 Å². The van der Waals surface area contributed by atoms with Gasteiger partial charge in [-0.1, -0.05) is 13.0 Å². The number of phenolic OH excluding ortho intramolecular Hbond substituents is 1. The predicted octanol–water partition coefficient (Wildman–Crippen LogP) is 2.52. The zero-order valence-corrected chi connectivity index (χ0v) is 16.7. The molecule has 5 N–H and O–H groups in total. The Morgan fingerprint density at radius 1 is 1.31 bits per heavy atom. The largest absolute Gasteiger partial charge is 0.508 e. The fraction of sp³-hybridized carbons (Fsp3) is 0.591. The minimum atomic E-state index is -1.10. The lowest BCUT2D eigenvalue weighted by Gasteiger charge is -2.49. The number of amides is 1. The number of rotatable bonds is 4. The highest BCUT2D eigenvalue weighted by atomic mass is 16.4. The van der Waals surface area contributed by atoms with Gasteiger partial charge in [-0.05, 0) is 79.5 Å². The van der Waals surface area contributed by atoms with Gasteiger partial charge in [0.2, 0.25) is 0 Å². The smallest absolute Gasteiger partial charge is 0.305 e. The van der Waals surface area contributed by atoms with Crippen molar-refractivity contribution in [1.29, 1.82) is 0 Å². The van der Waals surface area contributed by atoms with Crippen molar-refractivity contribution in [2.24, 2.45) is 28.1 Å². The number of hydrazone groups is 1. The number of aliphatic carboxylic acids is 1. The second kappa shape index (κ2) is 7.44. The lowest BCUT2D eigenvalue weighted by Crippen LogP contribution is -2.44. The van der Waals surface area contributed by atoms with Crippen LogP contribution in [0.5, 0.6) is 5.75 Å². The Morgan fingerprint density at radius 3 is 2.86 bits per heavy atom. The van der Waals surface area contributed by atoms with Crippen LogP contribution in [0.1, 0.15) is 62.5 Å². The molecule has 0 radical (unpaired) electrons. The number of benzene rings is 1. The van der Waals surface area contributed by atoms with Crippen molar-refractivity contribution >= 4 is 17.6 Å². The van der Waals surface area contributed by atoms with Crippen LogP contribution in [0.15, 0.2) is 23.3 Å². The van der Waals surface area contributed by atoms with E-state index in [9.17, 15) is 14.7 Å². The Bertz CT molecular complexity index is 868. The molecule has 2 fully saturated rings. The zero-order valence-electron chi connectivity index (χ0n) is 16.7. The lowest BCUT2D eigenvalue weighted by molar-refractivity contribution is -0.139. The van der Waals surface area contributed by atoms with E-state index in [0.29, 0.717) is 23.5 Å². The maximum absolute atomic E-state index is 12.1. The second-order valence-corrected chi connectivity index (χ2v) is 9.03. The Morgan fingerprint density at radius 2 is 2.10 bits per heavy atom. The highest BCUT2D eigenvalue weighted by Crippen LogP contribution is 2.59. The van der Waals surface area contributed by atoms with E-state index >= 15 is 0 Å². The molecule has 156 valence electrons. The number of phenols is 1. The monoisotopic (exact) mass is 399 g/mol. The summed E-state index contributed by atoms with van der Waals surface area (Å²) in [6.45, 7) is 2.26. The van der Waals surface area contributed by atoms with Crippen LogP contribution in [0.25, 0.3) is 0 Å². The van der Waals surface area contributed by atoms with Gasteiger partial charge in [-0.25, -0.2) is 5.43 Å². The van der Waals surface area contributed by atoms with Crippen LogP contribution in [0.3, 0.4) is 0 Å². The summed E-state index contributed by atoms with van der Waals surface area (Å²) in [6, 6.07) is 4.71. The van der Waals surface area contributed by atoms with Gasteiger partial charge >= 0.3 is 5.97 Å². The van der Waals surface area contributed by atoms with Crippen molar-refractivity contribution in [3.63, 3.8) is 0 Å². The molecular formula is C22H29N3O4. The third-order valence-electron chi connectivity index (χ3n) is 7.48. The number of hydrogen-bond donors (Lipinski definition) is 4. The summed E-state index contributed by atoms with van der Waals surface area (Å²) >= 11 is 0. The molecule has 3 aliphatic carbocycles. The van der Waals surface area contributed by atoms with Crippen LogP contribution >= 0.6 is 0 Å². The first-order valence-corrected chi connectivity index (χ1v) is 10.5. The third kappa shape index (κ3) is 3.52. The number of nitrogens with zero attached hydrogens (tertiary/aromatic N) is 1. The fourth-order valence-corrected chi connectivity index (χ4v) is 6.03. The number of nitrogens with two attached hydrogens (primary N) is 1. The Hall–Kier alpha value is -2.41. The summed E-state index contributed by atoms with van der Waals surface area (Å²) in [4.78, 5) is 22.8. The van der Waals surface area contributed by atoms with E-state index in [4.69, 9.17) is 10.8 Å². The molecule has 0 bridgehead atoms. The summed E-state index contributed by atoms with van der Waals surface area (Å²) < 4.78 is 0. The van der Waals surface area contributed by atoms with E-state index in [0.717, 1.165) is 44.2 Å². The molecule has 5 atom stereocenters. The molecule has 1 aromatic rings. The highest BCUT2D eigenvalue weighted by molar-refractivity contribution is 5.94. The highest BCUT2D eigenvalue weighted by Gasteiger charge is 2.53. The van der Waals surface area contributed by atoms with Gasteiger partial charge in [-0.3, -0.25) is 9.59 Å². The number of carbonyl (C=O) groups excluding carboxylic acids is 1. The van der Waals surface area contributed by atoms with E-state index in [2.05, 4.69) is 23.5 Å². The molecule has 0 aromatic heterocycles. The van der Waals surface area contributed by atoms with Crippen LogP contribution in [0.2, 0.25) is 0 Å². The summed E-state index contributed by atoms with van der Waals surface area (Å²) in [5, 5.41) is 23.0. The van der Waals surface area contributed by atoms with E-state index in [1.165, 1.54) is 11.1 Å². The van der Waals surface area contributed by atoms with Crippen molar-refractivity contribution in [2.45, 2.75) is 63.8 Å². The molecule has 0 saturated heterocycles. The molecule has 3 aliphatic rings. The van der Waals surface area contributed by atoms with E-state index in [1.807, 2.05) is 6.07 Å². The van der Waals surface area contributed by atoms with Gasteiger partial charge in [-0.15, -0.1) is 0 Å². The summed E-state index contributed by atoms with van der Waals surface area (Å²) in [5.74, 6) is 0.324. The molecule has 7 nitrogen and oxygen atoms in total. The maximum Gasteiger partial charge on any atom is 0.305 e. The first kappa shape index (κ1) is 19.9. The second-order valence-electron chi connectivity index (χ2n) is 9.03. The van der Waals surface area contributed by atoms with Gasteiger partial charge in [0.15, 0.2) is 0 Å². The minimum Gasteiger partial charge on any atom is -0.508 e. The Labute approximate surface area is 170 Å². The topological polar surface area (TPSA) is 125 Å². The van der Waals surface area contributed by atoms with Crippen molar-refractivity contribution in [2.75, 3.05) is 0 Å². The van der Waals surface area contributed by atoms with Crippen molar-refractivity contribution in [3.05, 3.63) is 29.3 Å². The number of carboxylic acids is 1.